The molecule has 1 fully saturated rings. The minimum absolute atomic E-state index is 0.353. The second-order valence-corrected chi connectivity index (χ2v) is 4.71. The number of carbonyl (C=O) groups is 1. The molecule has 0 heterocycles. The van der Waals surface area contributed by atoms with Crippen LogP contribution in [0.15, 0.2) is 0 Å². The normalized spacial score (nSPS) is 26.5. The molecule has 15 heavy (non-hydrogen) atoms. The van der Waals surface area contributed by atoms with Crippen LogP contribution in [0.1, 0.15) is 44.9 Å². The largest absolute Gasteiger partial charge is 0.481 e. The predicted octanol–water partition coefficient (Wildman–Crippen LogP) is 2.27. The Labute approximate surface area is 92.3 Å². The quantitative estimate of drug-likeness (QED) is 0.711. The molecular formula is C12H23NO2. The van der Waals surface area contributed by atoms with Crippen molar-refractivity contribution in [2.45, 2.75) is 44.9 Å². The van der Waals surface area contributed by atoms with Crippen molar-refractivity contribution in [3.05, 3.63) is 0 Å². The van der Waals surface area contributed by atoms with Crippen molar-refractivity contribution >= 4 is 5.97 Å². The predicted molar refractivity (Wildman–Crippen MR) is 60.9 cm³/mol. The first-order chi connectivity index (χ1) is 7.22. The number of carboxylic acids is 1. The van der Waals surface area contributed by atoms with Gasteiger partial charge >= 0.3 is 5.97 Å². The maximum atomic E-state index is 10.4. The van der Waals surface area contributed by atoms with E-state index in [2.05, 4.69) is 5.32 Å². The first-order valence-electron chi connectivity index (χ1n) is 6.08. The standard InChI is InChI=1S/C12H23NO2/c1-13-9-8-11-4-2-10(3-5-11)6-7-12(14)15/h10-11,13H,2-9H2,1H3,(H,14,15). The van der Waals surface area contributed by atoms with Gasteiger partial charge in [0, 0.05) is 6.42 Å². The van der Waals surface area contributed by atoms with Gasteiger partial charge in [0.1, 0.15) is 0 Å². The van der Waals surface area contributed by atoms with Crippen molar-refractivity contribution in [3.63, 3.8) is 0 Å². The molecule has 0 radical (unpaired) electrons. The number of aliphatic carboxylic acids is 1. The zero-order valence-corrected chi connectivity index (χ0v) is 9.67. The van der Waals surface area contributed by atoms with E-state index in [9.17, 15) is 4.79 Å². The summed E-state index contributed by atoms with van der Waals surface area (Å²) in [4.78, 5) is 10.4. The minimum atomic E-state index is -0.646. The monoisotopic (exact) mass is 213 g/mol. The Hall–Kier alpha value is -0.570. The topological polar surface area (TPSA) is 49.3 Å². The van der Waals surface area contributed by atoms with E-state index in [1.165, 1.54) is 32.1 Å². The van der Waals surface area contributed by atoms with Crippen LogP contribution in [0.25, 0.3) is 0 Å². The van der Waals surface area contributed by atoms with Crippen LogP contribution in [0.5, 0.6) is 0 Å². The molecule has 1 aliphatic carbocycles. The molecule has 0 aliphatic heterocycles. The van der Waals surface area contributed by atoms with E-state index in [0.29, 0.717) is 12.3 Å². The molecule has 0 aromatic carbocycles. The number of nitrogens with one attached hydrogen (secondary N) is 1. The maximum Gasteiger partial charge on any atom is 0.303 e. The van der Waals surface area contributed by atoms with Gasteiger partial charge in [-0.2, -0.15) is 0 Å². The number of rotatable bonds is 6. The summed E-state index contributed by atoms with van der Waals surface area (Å²) in [5.41, 5.74) is 0. The van der Waals surface area contributed by atoms with E-state index in [1.807, 2.05) is 7.05 Å². The van der Waals surface area contributed by atoms with Crippen LogP contribution in [0.2, 0.25) is 0 Å². The van der Waals surface area contributed by atoms with Crippen LogP contribution in [0.3, 0.4) is 0 Å². The average Bonchev–Trinajstić information content (AvgIpc) is 2.25. The van der Waals surface area contributed by atoms with Crippen molar-refractivity contribution in [1.82, 2.24) is 5.32 Å². The Morgan fingerprint density at radius 3 is 2.20 bits per heavy atom. The highest BCUT2D eigenvalue weighted by molar-refractivity contribution is 5.66. The molecule has 1 rings (SSSR count). The summed E-state index contributed by atoms with van der Waals surface area (Å²) in [6.07, 6.45) is 7.59. The van der Waals surface area contributed by atoms with Crippen LogP contribution < -0.4 is 5.32 Å². The van der Waals surface area contributed by atoms with Gasteiger partial charge in [-0.25, -0.2) is 0 Å². The van der Waals surface area contributed by atoms with Gasteiger partial charge in [0.05, 0.1) is 0 Å². The van der Waals surface area contributed by atoms with E-state index >= 15 is 0 Å². The third-order valence-electron chi connectivity index (χ3n) is 3.54. The van der Waals surface area contributed by atoms with Crippen molar-refractivity contribution in [2.24, 2.45) is 11.8 Å². The smallest absolute Gasteiger partial charge is 0.303 e. The second-order valence-electron chi connectivity index (χ2n) is 4.71. The van der Waals surface area contributed by atoms with Crippen LogP contribution in [-0.2, 0) is 4.79 Å². The van der Waals surface area contributed by atoms with Crippen LogP contribution in [0, 0.1) is 11.8 Å². The van der Waals surface area contributed by atoms with Crippen LogP contribution in [0.4, 0.5) is 0 Å². The Bertz CT molecular complexity index is 186. The molecule has 88 valence electrons. The summed E-state index contributed by atoms with van der Waals surface area (Å²) < 4.78 is 0. The van der Waals surface area contributed by atoms with Crippen molar-refractivity contribution < 1.29 is 9.90 Å². The second kappa shape index (κ2) is 6.83. The van der Waals surface area contributed by atoms with Gasteiger partial charge in [0.25, 0.3) is 0 Å². The third-order valence-corrected chi connectivity index (χ3v) is 3.54. The first-order valence-corrected chi connectivity index (χ1v) is 6.08. The average molecular weight is 213 g/mol. The van der Waals surface area contributed by atoms with Crippen molar-refractivity contribution in [3.8, 4) is 0 Å². The fourth-order valence-corrected chi connectivity index (χ4v) is 2.48. The van der Waals surface area contributed by atoms with Crippen molar-refractivity contribution in [1.29, 1.82) is 0 Å². The maximum absolute atomic E-state index is 10.4. The lowest BCUT2D eigenvalue weighted by Crippen LogP contribution is -2.19. The summed E-state index contributed by atoms with van der Waals surface area (Å²) in [5, 5.41) is 11.8. The molecule has 3 heteroatoms. The molecular weight excluding hydrogens is 190 g/mol. The van der Waals surface area contributed by atoms with Gasteiger partial charge in [0.15, 0.2) is 0 Å². The molecule has 0 spiro atoms. The van der Waals surface area contributed by atoms with E-state index in [1.54, 1.807) is 0 Å². The minimum Gasteiger partial charge on any atom is -0.481 e. The highest BCUT2D eigenvalue weighted by Crippen LogP contribution is 2.32. The molecule has 0 bridgehead atoms. The van der Waals surface area contributed by atoms with E-state index in [0.717, 1.165) is 18.9 Å². The lowest BCUT2D eigenvalue weighted by Gasteiger charge is -2.28. The molecule has 1 saturated carbocycles. The number of hydrogen-bond donors (Lipinski definition) is 2. The van der Waals surface area contributed by atoms with Gasteiger partial charge in [-0.3, -0.25) is 4.79 Å². The fourth-order valence-electron chi connectivity index (χ4n) is 2.48. The van der Waals surface area contributed by atoms with Crippen LogP contribution in [-0.4, -0.2) is 24.7 Å². The summed E-state index contributed by atoms with van der Waals surface area (Å²) in [6.45, 7) is 1.12. The summed E-state index contributed by atoms with van der Waals surface area (Å²) in [5.74, 6) is 0.901. The highest BCUT2D eigenvalue weighted by atomic mass is 16.4. The molecule has 2 N–H and O–H groups in total. The fraction of sp³-hybridized carbons (Fsp3) is 0.917. The Morgan fingerprint density at radius 2 is 1.73 bits per heavy atom. The van der Waals surface area contributed by atoms with E-state index < -0.39 is 5.97 Å². The SMILES string of the molecule is CNCCC1CCC(CCC(=O)O)CC1. The zero-order chi connectivity index (χ0) is 11.1. The lowest BCUT2D eigenvalue weighted by atomic mass is 9.79. The molecule has 1 aliphatic rings. The first kappa shape index (κ1) is 12.5. The number of carboxylic acid groups (broad SMARTS) is 1. The molecule has 0 saturated heterocycles. The Morgan fingerprint density at radius 1 is 1.20 bits per heavy atom. The molecule has 0 atom stereocenters. The molecule has 0 aromatic rings. The third kappa shape index (κ3) is 5.17. The summed E-state index contributed by atoms with van der Waals surface area (Å²) in [6, 6.07) is 0. The number of hydrogen-bond acceptors (Lipinski definition) is 2. The van der Waals surface area contributed by atoms with E-state index in [4.69, 9.17) is 5.11 Å². The molecule has 0 aromatic heterocycles. The molecule has 0 unspecified atom stereocenters. The van der Waals surface area contributed by atoms with Gasteiger partial charge < -0.3 is 10.4 Å². The highest BCUT2D eigenvalue weighted by Gasteiger charge is 2.20. The zero-order valence-electron chi connectivity index (χ0n) is 9.67. The Kier molecular flexibility index (Phi) is 5.69. The van der Waals surface area contributed by atoms with Gasteiger partial charge in [-0.05, 0) is 38.3 Å². The summed E-state index contributed by atoms with van der Waals surface area (Å²) in [7, 11) is 2.00. The van der Waals surface area contributed by atoms with Gasteiger partial charge in [-0.15, -0.1) is 0 Å². The van der Waals surface area contributed by atoms with Crippen LogP contribution >= 0.6 is 0 Å². The van der Waals surface area contributed by atoms with Gasteiger partial charge in [-0.1, -0.05) is 25.7 Å². The van der Waals surface area contributed by atoms with Gasteiger partial charge in [0.2, 0.25) is 0 Å². The molecule has 0 amide bonds. The van der Waals surface area contributed by atoms with E-state index in [-0.39, 0.29) is 0 Å². The van der Waals surface area contributed by atoms with Crippen molar-refractivity contribution in [2.75, 3.05) is 13.6 Å². The lowest BCUT2D eigenvalue weighted by molar-refractivity contribution is -0.137. The summed E-state index contributed by atoms with van der Waals surface area (Å²) >= 11 is 0. The molecule has 3 nitrogen and oxygen atoms in total. The Balaban J connectivity index is 2.09.